The summed E-state index contributed by atoms with van der Waals surface area (Å²) in [6.45, 7) is 1.09. The van der Waals surface area contributed by atoms with Gasteiger partial charge in [0.2, 0.25) is 0 Å². The summed E-state index contributed by atoms with van der Waals surface area (Å²) in [5.74, 6) is 1.10. The quantitative estimate of drug-likeness (QED) is 0.746. The van der Waals surface area contributed by atoms with Gasteiger partial charge in [0.05, 0.1) is 33.9 Å². The molecule has 0 spiro atoms. The van der Waals surface area contributed by atoms with E-state index in [9.17, 15) is 4.79 Å². The Morgan fingerprint density at radius 1 is 1.22 bits per heavy atom. The molecule has 98 valence electrons. The van der Waals surface area contributed by atoms with E-state index in [0.29, 0.717) is 30.3 Å². The van der Waals surface area contributed by atoms with Crippen molar-refractivity contribution in [2.24, 2.45) is 0 Å². The number of rotatable bonds is 5. The Morgan fingerprint density at radius 3 is 2.50 bits per heavy atom. The molecule has 1 fully saturated rings. The van der Waals surface area contributed by atoms with Crippen LogP contribution in [0.5, 0.6) is 11.5 Å². The third kappa shape index (κ3) is 2.80. The van der Waals surface area contributed by atoms with Gasteiger partial charge in [0, 0.05) is 5.56 Å². The average Bonchev–Trinajstić information content (AvgIpc) is 2.90. The van der Waals surface area contributed by atoms with Gasteiger partial charge in [0.1, 0.15) is 0 Å². The second-order valence-electron chi connectivity index (χ2n) is 3.87. The normalized spacial score (nSPS) is 15.7. The van der Waals surface area contributed by atoms with Gasteiger partial charge < -0.3 is 18.9 Å². The van der Waals surface area contributed by atoms with Crippen LogP contribution in [0.2, 0.25) is 0 Å². The van der Waals surface area contributed by atoms with Crippen LogP contribution in [0.25, 0.3) is 0 Å². The molecule has 0 bridgehead atoms. The number of benzene rings is 1. The van der Waals surface area contributed by atoms with Crippen LogP contribution in [0, 0.1) is 0 Å². The first kappa shape index (κ1) is 12.9. The van der Waals surface area contributed by atoms with Crippen molar-refractivity contribution in [3.05, 3.63) is 23.8 Å². The molecule has 1 aliphatic heterocycles. The van der Waals surface area contributed by atoms with Crippen molar-refractivity contribution in [1.29, 1.82) is 0 Å². The molecule has 0 aliphatic carbocycles. The molecule has 0 unspecified atom stereocenters. The van der Waals surface area contributed by atoms with Gasteiger partial charge in [-0.3, -0.25) is 4.79 Å². The molecule has 1 heterocycles. The van der Waals surface area contributed by atoms with Crippen LogP contribution in [-0.2, 0) is 9.47 Å². The first-order valence-electron chi connectivity index (χ1n) is 5.73. The lowest BCUT2D eigenvalue weighted by atomic mass is 10.1. The van der Waals surface area contributed by atoms with Crippen LogP contribution < -0.4 is 9.47 Å². The SMILES string of the molecule is COc1ccc(C(=O)CC2OCCO2)cc1OC. The van der Waals surface area contributed by atoms with Crippen molar-refractivity contribution in [2.75, 3.05) is 27.4 Å². The van der Waals surface area contributed by atoms with Crippen LogP contribution >= 0.6 is 0 Å². The second kappa shape index (κ2) is 5.84. The first-order chi connectivity index (χ1) is 8.74. The number of hydrogen-bond acceptors (Lipinski definition) is 5. The van der Waals surface area contributed by atoms with E-state index in [2.05, 4.69) is 0 Å². The highest BCUT2D eigenvalue weighted by molar-refractivity contribution is 5.96. The maximum absolute atomic E-state index is 12.0. The Labute approximate surface area is 106 Å². The van der Waals surface area contributed by atoms with Gasteiger partial charge in [-0.1, -0.05) is 0 Å². The maximum Gasteiger partial charge on any atom is 0.168 e. The number of methoxy groups -OCH3 is 2. The summed E-state index contributed by atoms with van der Waals surface area (Å²) < 4.78 is 20.8. The zero-order chi connectivity index (χ0) is 13.0. The van der Waals surface area contributed by atoms with Crippen LogP contribution in [0.4, 0.5) is 0 Å². The summed E-state index contributed by atoms with van der Waals surface area (Å²) >= 11 is 0. The topological polar surface area (TPSA) is 54.0 Å². The van der Waals surface area contributed by atoms with E-state index in [4.69, 9.17) is 18.9 Å². The molecule has 0 N–H and O–H groups in total. The minimum Gasteiger partial charge on any atom is -0.493 e. The van der Waals surface area contributed by atoms with Crippen molar-refractivity contribution >= 4 is 5.78 Å². The lowest BCUT2D eigenvalue weighted by Gasteiger charge is -2.11. The molecule has 2 rings (SSSR count). The molecule has 0 saturated carbocycles. The molecule has 0 radical (unpaired) electrons. The molecule has 5 nitrogen and oxygen atoms in total. The Morgan fingerprint density at radius 2 is 1.89 bits per heavy atom. The van der Waals surface area contributed by atoms with Crippen LogP contribution in [0.15, 0.2) is 18.2 Å². The minimum atomic E-state index is -0.425. The zero-order valence-corrected chi connectivity index (χ0v) is 10.5. The molecule has 18 heavy (non-hydrogen) atoms. The number of carbonyl (C=O) groups excluding carboxylic acids is 1. The Kier molecular flexibility index (Phi) is 4.17. The van der Waals surface area contributed by atoms with Crippen LogP contribution in [-0.4, -0.2) is 39.5 Å². The predicted molar refractivity (Wildman–Crippen MR) is 64.2 cm³/mol. The Bertz CT molecular complexity index is 423. The summed E-state index contributed by atoms with van der Waals surface area (Å²) in [5.41, 5.74) is 0.562. The van der Waals surface area contributed by atoms with Crippen molar-refractivity contribution in [1.82, 2.24) is 0 Å². The molecule has 5 heteroatoms. The smallest absolute Gasteiger partial charge is 0.168 e. The van der Waals surface area contributed by atoms with Gasteiger partial charge in [-0.2, -0.15) is 0 Å². The Hall–Kier alpha value is -1.59. The third-order valence-corrected chi connectivity index (χ3v) is 2.75. The number of carbonyl (C=O) groups is 1. The lowest BCUT2D eigenvalue weighted by molar-refractivity contribution is -0.0407. The maximum atomic E-state index is 12.0. The van der Waals surface area contributed by atoms with Crippen LogP contribution in [0.3, 0.4) is 0 Å². The predicted octanol–water partition coefficient (Wildman–Crippen LogP) is 1.65. The van der Waals surface area contributed by atoms with Gasteiger partial charge in [-0.25, -0.2) is 0 Å². The van der Waals surface area contributed by atoms with Crippen molar-refractivity contribution in [2.45, 2.75) is 12.7 Å². The fourth-order valence-electron chi connectivity index (χ4n) is 1.80. The summed E-state index contributed by atoms with van der Waals surface area (Å²) in [7, 11) is 3.09. The number of hydrogen-bond donors (Lipinski definition) is 0. The van der Waals surface area contributed by atoms with Gasteiger partial charge in [0.15, 0.2) is 23.6 Å². The minimum absolute atomic E-state index is 0.0390. The van der Waals surface area contributed by atoms with E-state index < -0.39 is 6.29 Å². The van der Waals surface area contributed by atoms with E-state index in [1.165, 1.54) is 7.11 Å². The Balaban J connectivity index is 2.09. The number of ketones is 1. The molecule has 1 aliphatic rings. The first-order valence-corrected chi connectivity index (χ1v) is 5.73. The molecule has 0 aromatic heterocycles. The van der Waals surface area contributed by atoms with E-state index in [0.717, 1.165) is 0 Å². The fourth-order valence-corrected chi connectivity index (χ4v) is 1.80. The van der Waals surface area contributed by atoms with E-state index in [1.54, 1.807) is 25.3 Å². The number of ether oxygens (including phenoxy) is 4. The van der Waals surface area contributed by atoms with E-state index >= 15 is 0 Å². The highest BCUT2D eigenvalue weighted by atomic mass is 16.7. The summed E-state index contributed by atoms with van der Waals surface area (Å²) in [5, 5.41) is 0. The summed E-state index contributed by atoms with van der Waals surface area (Å²) in [6.07, 6.45) is -0.208. The number of Topliss-reactive ketones (excluding diaryl/α,β-unsaturated/α-hetero) is 1. The van der Waals surface area contributed by atoms with Crippen molar-refractivity contribution < 1.29 is 23.7 Å². The van der Waals surface area contributed by atoms with E-state index in [-0.39, 0.29) is 12.2 Å². The lowest BCUT2D eigenvalue weighted by Crippen LogP contribution is -2.14. The highest BCUT2D eigenvalue weighted by Crippen LogP contribution is 2.28. The van der Waals surface area contributed by atoms with Crippen LogP contribution in [0.1, 0.15) is 16.8 Å². The third-order valence-electron chi connectivity index (χ3n) is 2.75. The molecule has 0 atom stereocenters. The largest absolute Gasteiger partial charge is 0.493 e. The monoisotopic (exact) mass is 252 g/mol. The second-order valence-corrected chi connectivity index (χ2v) is 3.87. The van der Waals surface area contributed by atoms with E-state index in [1.807, 2.05) is 0 Å². The molecule has 0 amide bonds. The summed E-state index contributed by atoms with van der Waals surface area (Å²) in [6, 6.07) is 5.08. The highest BCUT2D eigenvalue weighted by Gasteiger charge is 2.21. The molecule has 1 aromatic rings. The fraction of sp³-hybridized carbons (Fsp3) is 0.462. The molecular weight excluding hydrogens is 236 g/mol. The molecular formula is C13H16O5. The standard InChI is InChI=1S/C13H16O5/c1-15-11-4-3-9(7-12(11)16-2)10(14)8-13-17-5-6-18-13/h3-4,7,13H,5-6,8H2,1-2H3. The zero-order valence-electron chi connectivity index (χ0n) is 10.5. The van der Waals surface area contributed by atoms with Gasteiger partial charge in [0.25, 0.3) is 0 Å². The van der Waals surface area contributed by atoms with Gasteiger partial charge in [-0.15, -0.1) is 0 Å². The van der Waals surface area contributed by atoms with Crippen molar-refractivity contribution in [3.63, 3.8) is 0 Å². The van der Waals surface area contributed by atoms with Gasteiger partial charge in [-0.05, 0) is 18.2 Å². The van der Waals surface area contributed by atoms with Crippen molar-refractivity contribution in [3.8, 4) is 11.5 Å². The summed E-state index contributed by atoms with van der Waals surface area (Å²) in [4.78, 5) is 12.0. The molecule has 1 aromatic carbocycles. The average molecular weight is 252 g/mol. The molecule has 1 saturated heterocycles. The van der Waals surface area contributed by atoms with Gasteiger partial charge >= 0.3 is 0 Å².